The number of rotatable bonds is 29. The van der Waals surface area contributed by atoms with Crippen molar-refractivity contribution in [1.29, 1.82) is 0 Å². The molecule has 0 unspecified atom stereocenters. The minimum Gasteiger partial charge on any atom is -0.370 e. The van der Waals surface area contributed by atoms with E-state index in [0.717, 1.165) is 51.0 Å². The summed E-state index contributed by atoms with van der Waals surface area (Å²) in [6.07, 6.45) is 33.2. The second-order valence-corrected chi connectivity index (χ2v) is 16.9. The van der Waals surface area contributed by atoms with Crippen LogP contribution in [0.3, 0.4) is 0 Å². The molecule has 46 heavy (non-hydrogen) atoms. The van der Waals surface area contributed by atoms with Crippen molar-refractivity contribution in [3.05, 3.63) is 69.9 Å². The van der Waals surface area contributed by atoms with Gasteiger partial charge in [-0.05, 0) is 107 Å². The highest BCUT2D eigenvalue weighted by Crippen LogP contribution is 2.23. The largest absolute Gasteiger partial charge is 0.501 e. The number of unbranched alkanes of at least 4 members (excludes halogenated alkanes) is 9. The van der Waals surface area contributed by atoms with Crippen LogP contribution in [0.1, 0.15) is 172 Å². The molecule has 0 aliphatic carbocycles. The van der Waals surface area contributed by atoms with Crippen molar-refractivity contribution in [2.24, 2.45) is 0 Å². The zero-order valence-electron chi connectivity index (χ0n) is 32.3. The Morgan fingerprint density at radius 3 is 1.02 bits per heavy atom. The minimum absolute atomic E-state index is 0.553. The molecule has 0 fully saturated rings. The Morgan fingerprint density at radius 1 is 0.413 bits per heavy atom. The second-order valence-electron chi connectivity index (χ2n) is 14.2. The molecule has 0 aromatic heterocycles. The Bertz CT molecular complexity index is 835. The van der Waals surface area contributed by atoms with Crippen LogP contribution in [-0.2, 0) is 13.3 Å². The van der Waals surface area contributed by atoms with Gasteiger partial charge in [0.2, 0.25) is 0 Å². The molecular formula is C42H76O3Si. The molecule has 0 radical (unpaired) electrons. The molecule has 266 valence electrons. The lowest BCUT2D eigenvalue weighted by molar-refractivity contribution is 0.0847. The summed E-state index contributed by atoms with van der Waals surface area (Å²) in [5, 5.41) is 0. The maximum atomic E-state index is 6.72. The first-order chi connectivity index (χ1) is 22.0. The second kappa shape index (κ2) is 29.7. The molecule has 0 aromatic rings. The van der Waals surface area contributed by atoms with E-state index in [2.05, 4.69) is 106 Å². The SMILES string of the molecule is CCCCCCCCCCCC[Si](OCC=C(C)CCC=C(C)C)(OCC=C(C)CCC=C(C)C)OCC=C(C)CCC=C(C)C. The van der Waals surface area contributed by atoms with Gasteiger partial charge < -0.3 is 13.3 Å². The summed E-state index contributed by atoms with van der Waals surface area (Å²) in [6, 6.07) is 0.878. The fourth-order valence-electron chi connectivity index (χ4n) is 5.17. The highest BCUT2D eigenvalue weighted by Gasteiger charge is 2.40. The van der Waals surface area contributed by atoms with E-state index in [4.69, 9.17) is 13.3 Å². The number of hydrogen-bond donors (Lipinski definition) is 0. The van der Waals surface area contributed by atoms with Gasteiger partial charge in [-0.1, -0.05) is 135 Å². The molecule has 0 rings (SSSR count). The first-order valence-corrected chi connectivity index (χ1v) is 20.7. The van der Waals surface area contributed by atoms with Crippen molar-refractivity contribution in [3.8, 4) is 0 Å². The summed E-state index contributed by atoms with van der Waals surface area (Å²) in [5.41, 5.74) is 8.23. The molecule has 0 heterocycles. The Hall–Kier alpha value is -1.46. The van der Waals surface area contributed by atoms with Crippen LogP contribution >= 0.6 is 0 Å². The van der Waals surface area contributed by atoms with Crippen molar-refractivity contribution < 1.29 is 13.3 Å². The van der Waals surface area contributed by atoms with Crippen molar-refractivity contribution in [3.63, 3.8) is 0 Å². The maximum Gasteiger partial charge on any atom is 0.501 e. The molecule has 0 aliphatic heterocycles. The zero-order valence-corrected chi connectivity index (χ0v) is 33.3. The normalized spacial score (nSPS) is 13.8. The molecule has 4 heteroatoms. The first-order valence-electron chi connectivity index (χ1n) is 18.8. The van der Waals surface area contributed by atoms with Gasteiger partial charge in [-0.25, -0.2) is 0 Å². The first kappa shape index (κ1) is 44.5. The van der Waals surface area contributed by atoms with E-state index in [-0.39, 0.29) is 0 Å². The van der Waals surface area contributed by atoms with E-state index >= 15 is 0 Å². The van der Waals surface area contributed by atoms with Crippen molar-refractivity contribution in [1.82, 2.24) is 0 Å². The average molecular weight is 657 g/mol. The summed E-state index contributed by atoms with van der Waals surface area (Å²) >= 11 is 0. The van der Waals surface area contributed by atoms with Gasteiger partial charge in [0.15, 0.2) is 0 Å². The van der Waals surface area contributed by atoms with Gasteiger partial charge in [-0.3, -0.25) is 0 Å². The standard InChI is InChI=1S/C42H76O3Si/c1-11-12-13-14-15-16-17-18-19-20-36-46(43-33-30-40(8)27-21-24-37(2)3,44-34-31-41(9)28-22-25-38(4)5)45-35-32-42(10)29-23-26-39(6)7/h24-26,30-32H,11-23,27-29,33-36H2,1-10H3. The third-order valence-electron chi connectivity index (χ3n) is 8.32. The van der Waals surface area contributed by atoms with E-state index in [9.17, 15) is 0 Å². The lowest BCUT2D eigenvalue weighted by Crippen LogP contribution is -2.46. The van der Waals surface area contributed by atoms with Crippen LogP contribution in [0.4, 0.5) is 0 Å². The van der Waals surface area contributed by atoms with E-state index in [1.807, 2.05) is 0 Å². The summed E-state index contributed by atoms with van der Waals surface area (Å²) in [4.78, 5) is 0. The molecule has 0 aliphatic rings. The van der Waals surface area contributed by atoms with Crippen LogP contribution in [0.25, 0.3) is 0 Å². The van der Waals surface area contributed by atoms with E-state index in [0.29, 0.717) is 19.8 Å². The average Bonchev–Trinajstić information content (AvgIpc) is 2.97. The topological polar surface area (TPSA) is 27.7 Å². The Kier molecular flexibility index (Phi) is 28.7. The molecule has 0 spiro atoms. The molecular weight excluding hydrogens is 581 g/mol. The van der Waals surface area contributed by atoms with Gasteiger partial charge in [0.25, 0.3) is 0 Å². The number of hydrogen-bond acceptors (Lipinski definition) is 3. The summed E-state index contributed by atoms with van der Waals surface area (Å²) in [7, 11) is -2.90. The third-order valence-corrected chi connectivity index (χ3v) is 11.1. The lowest BCUT2D eigenvalue weighted by Gasteiger charge is -2.29. The van der Waals surface area contributed by atoms with Gasteiger partial charge in [-0.15, -0.1) is 0 Å². The van der Waals surface area contributed by atoms with Gasteiger partial charge >= 0.3 is 8.80 Å². The number of allylic oxidation sites excluding steroid dienone is 9. The summed E-state index contributed by atoms with van der Waals surface area (Å²) in [6.45, 7) is 23.6. The summed E-state index contributed by atoms with van der Waals surface area (Å²) < 4.78 is 20.2. The van der Waals surface area contributed by atoms with E-state index in [1.54, 1.807) is 0 Å². The van der Waals surface area contributed by atoms with Crippen molar-refractivity contribution in [2.45, 2.75) is 178 Å². The Morgan fingerprint density at radius 2 is 0.717 bits per heavy atom. The smallest absolute Gasteiger partial charge is 0.370 e. The quantitative estimate of drug-likeness (QED) is 0.0455. The highest BCUT2D eigenvalue weighted by molar-refractivity contribution is 6.60. The zero-order chi connectivity index (χ0) is 34.5. The molecule has 0 N–H and O–H groups in total. The Balaban J connectivity index is 5.62. The van der Waals surface area contributed by atoms with Crippen LogP contribution in [0.2, 0.25) is 6.04 Å². The highest BCUT2D eigenvalue weighted by atomic mass is 28.4. The van der Waals surface area contributed by atoms with Gasteiger partial charge in [0, 0.05) is 6.04 Å². The summed E-state index contributed by atoms with van der Waals surface area (Å²) in [5.74, 6) is 0. The molecule has 0 saturated heterocycles. The lowest BCUT2D eigenvalue weighted by atomic mass is 10.1. The van der Waals surface area contributed by atoms with Crippen LogP contribution < -0.4 is 0 Å². The van der Waals surface area contributed by atoms with Crippen molar-refractivity contribution in [2.75, 3.05) is 19.8 Å². The predicted octanol–water partition coefficient (Wildman–Crippen LogP) is 14.0. The minimum atomic E-state index is -2.90. The predicted molar refractivity (Wildman–Crippen MR) is 208 cm³/mol. The Labute approximate surface area is 289 Å². The third kappa shape index (κ3) is 28.7. The van der Waals surface area contributed by atoms with E-state index < -0.39 is 8.80 Å². The van der Waals surface area contributed by atoms with Crippen LogP contribution in [-0.4, -0.2) is 28.6 Å². The molecule has 0 amide bonds. The van der Waals surface area contributed by atoms with Crippen LogP contribution in [0.15, 0.2) is 69.9 Å². The van der Waals surface area contributed by atoms with Gasteiger partial charge in [0.1, 0.15) is 0 Å². The van der Waals surface area contributed by atoms with Crippen molar-refractivity contribution >= 4 is 8.80 Å². The fraction of sp³-hybridized carbons (Fsp3) is 0.714. The van der Waals surface area contributed by atoms with Gasteiger partial charge in [-0.2, -0.15) is 0 Å². The monoisotopic (exact) mass is 657 g/mol. The van der Waals surface area contributed by atoms with Crippen LogP contribution in [0, 0.1) is 0 Å². The fourth-order valence-corrected chi connectivity index (χ4v) is 7.55. The molecule has 0 saturated carbocycles. The molecule has 0 atom stereocenters. The molecule has 3 nitrogen and oxygen atoms in total. The maximum absolute atomic E-state index is 6.72. The molecule has 0 bridgehead atoms. The van der Waals surface area contributed by atoms with Gasteiger partial charge in [0.05, 0.1) is 19.8 Å². The van der Waals surface area contributed by atoms with E-state index in [1.165, 1.54) is 91.2 Å². The molecule has 0 aromatic carbocycles. The van der Waals surface area contributed by atoms with Crippen LogP contribution in [0.5, 0.6) is 0 Å².